The van der Waals surface area contributed by atoms with Gasteiger partial charge in [-0.05, 0) is 36.4 Å². The van der Waals surface area contributed by atoms with Crippen molar-refractivity contribution in [2.45, 2.75) is 0 Å². The zero-order valence-electron chi connectivity index (χ0n) is 15.2. The number of hydrogen-bond donors (Lipinski definition) is 2. The SMILES string of the molecule is Oc1ccccc1C=Nc1ccccc1N=Cc1ccccc1O.[CH-]=O.[CH-]=O.[Co+2]. The standard InChI is InChI=1S/C20H16N2O2.2CHO.Co/c23-19-11-5-1-7-15(19)13-21-17-9-3-4-10-18(17)22-14-16-8-2-6-12-20(16)24;2*1-2;/h1-14,23-24H;2*1H;/q;2*-1;+2. The number of nitrogens with zero attached hydrogens (tertiary/aromatic N) is 2. The Bertz CT molecular complexity index is 869. The Labute approximate surface area is 179 Å². The Morgan fingerprint density at radius 2 is 0.897 bits per heavy atom. The van der Waals surface area contributed by atoms with Crippen molar-refractivity contribution in [3.8, 4) is 11.5 Å². The second-order valence-electron chi connectivity index (χ2n) is 5.12. The summed E-state index contributed by atoms with van der Waals surface area (Å²) in [7, 11) is 0. The van der Waals surface area contributed by atoms with Gasteiger partial charge in [0.1, 0.15) is 11.5 Å². The molecule has 0 aliphatic carbocycles. The molecule has 3 aromatic rings. The van der Waals surface area contributed by atoms with Crippen molar-refractivity contribution in [2.24, 2.45) is 9.98 Å². The first-order chi connectivity index (χ1) is 13.7. The monoisotopic (exact) mass is 433 g/mol. The molecule has 1 radical (unpaired) electrons. The molecule has 6 nitrogen and oxygen atoms in total. The van der Waals surface area contributed by atoms with Crippen LogP contribution in [0.2, 0.25) is 0 Å². The molecule has 2 N–H and O–H groups in total. The van der Waals surface area contributed by atoms with Crippen molar-refractivity contribution >= 4 is 37.4 Å². The Kier molecular flexibility index (Phi) is 12.7. The molecule has 0 aliphatic rings. The first-order valence-electron chi connectivity index (χ1n) is 7.94. The van der Waals surface area contributed by atoms with Gasteiger partial charge in [0, 0.05) is 23.6 Å². The van der Waals surface area contributed by atoms with Crippen LogP contribution in [0.3, 0.4) is 0 Å². The second-order valence-corrected chi connectivity index (χ2v) is 5.12. The van der Waals surface area contributed by atoms with Crippen LogP contribution in [0.4, 0.5) is 11.4 Å². The van der Waals surface area contributed by atoms with E-state index in [0.717, 1.165) is 0 Å². The van der Waals surface area contributed by atoms with Gasteiger partial charge in [0.15, 0.2) is 0 Å². The Morgan fingerprint density at radius 1 is 0.586 bits per heavy atom. The molecule has 3 rings (SSSR count). The topological polar surface area (TPSA) is 99.3 Å². The molecule has 0 spiro atoms. The third kappa shape index (κ3) is 7.92. The van der Waals surface area contributed by atoms with E-state index in [-0.39, 0.29) is 28.3 Å². The van der Waals surface area contributed by atoms with Gasteiger partial charge in [0.25, 0.3) is 0 Å². The van der Waals surface area contributed by atoms with E-state index >= 15 is 0 Å². The number of hydrogen-bond acceptors (Lipinski definition) is 6. The zero-order chi connectivity index (χ0) is 20.8. The van der Waals surface area contributed by atoms with Gasteiger partial charge in [-0.3, -0.25) is 23.6 Å². The summed E-state index contributed by atoms with van der Waals surface area (Å²) in [6.45, 7) is 6.50. The van der Waals surface area contributed by atoms with Crippen LogP contribution in [0.5, 0.6) is 11.5 Å². The number of carbonyl (C=O) groups excluding carboxylic acids is 2. The smallest absolute Gasteiger partial charge is 0.545 e. The quantitative estimate of drug-likeness (QED) is 0.368. The van der Waals surface area contributed by atoms with E-state index < -0.39 is 0 Å². The van der Waals surface area contributed by atoms with Crippen LogP contribution in [0, 0.1) is 0 Å². The normalized spacial score (nSPS) is 9.66. The second kappa shape index (κ2) is 14.5. The minimum Gasteiger partial charge on any atom is -0.545 e. The molecule has 0 unspecified atom stereocenters. The first-order valence-corrected chi connectivity index (χ1v) is 7.94. The van der Waals surface area contributed by atoms with Gasteiger partial charge < -0.3 is 19.8 Å². The third-order valence-electron chi connectivity index (χ3n) is 3.44. The van der Waals surface area contributed by atoms with E-state index in [1.165, 1.54) is 0 Å². The van der Waals surface area contributed by atoms with Gasteiger partial charge in [-0.2, -0.15) is 0 Å². The molecular formula is C22H18CoN2O4. The van der Waals surface area contributed by atoms with Crippen molar-refractivity contribution in [2.75, 3.05) is 0 Å². The third-order valence-corrected chi connectivity index (χ3v) is 3.44. The van der Waals surface area contributed by atoms with E-state index in [1.54, 1.807) is 48.8 Å². The number of rotatable bonds is 4. The predicted molar refractivity (Wildman–Crippen MR) is 111 cm³/mol. The van der Waals surface area contributed by atoms with Gasteiger partial charge in [-0.1, -0.05) is 36.4 Å². The number of benzene rings is 3. The molecule has 0 saturated heterocycles. The number of aromatic hydroxyl groups is 2. The fraction of sp³-hybridized carbons (Fsp3) is 0. The summed E-state index contributed by atoms with van der Waals surface area (Å²) in [5.41, 5.74) is 2.62. The molecule has 149 valence electrons. The van der Waals surface area contributed by atoms with Crippen molar-refractivity contribution in [3.05, 3.63) is 83.9 Å². The predicted octanol–water partition coefficient (Wildman–Crippen LogP) is 4.05. The minimum absolute atomic E-state index is 0. The molecule has 0 saturated carbocycles. The molecule has 0 atom stereocenters. The number of phenolic OH excluding ortho intramolecular Hbond substituents is 2. The van der Waals surface area contributed by atoms with Crippen LogP contribution in [0.1, 0.15) is 11.1 Å². The molecule has 0 bridgehead atoms. The molecular weight excluding hydrogens is 415 g/mol. The van der Waals surface area contributed by atoms with Gasteiger partial charge in [0.2, 0.25) is 0 Å². The number of phenols is 2. The van der Waals surface area contributed by atoms with Crippen molar-refractivity contribution < 1.29 is 36.6 Å². The number of para-hydroxylation sites is 4. The van der Waals surface area contributed by atoms with Crippen molar-refractivity contribution in [3.63, 3.8) is 0 Å². The fourth-order valence-electron chi connectivity index (χ4n) is 2.15. The molecule has 0 fully saturated rings. The van der Waals surface area contributed by atoms with E-state index in [9.17, 15) is 10.2 Å². The summed E-state index contributed by atoms with van der Waals surface area (Å²) in [4.78, 5) is 24.3. The summed E-state index contributed by atoms with van der Waals surface area (Å²) in [6.07, 6.45) is 3.20. The summed E-state index contributed by atoms with van der Waals surface area (Å²) in [5, 5.41) is 19.6. The van der Waals surface area contributed by atoms with Crippen LogP contribution < -0.4 is 0 Å². The number of aliphatic imine (C=N–C) groups is 2. The molecule has 0 heterocycles. The maximum Gasteiger partial charge on any atom is 2.00 e. The van der Waals surface area contributed by atoms with E-state index in [1.807, 2.05) is 36.4 Å². The summed E-state index contributed by atoms with van der Waals surface area (Å²) in [5.74, 6) is 0.355. The molecule has 7 heteroatoms. The average Bonchev–Trinajstić information content (AvgIpc) is 2.76. The minimum atomic E-state index is 0. The van der Waals surface area contributed by atoms with E-state index in [0.29, 0.717) is 22.5 Å². The Hall–Kier alpha value is -3.55. The zero-order valence-corrected chi connectivity index (χ0v) is 16.2. The molecule has 3 aromatic carbocycles. The van der Waals surface area contributed by atoms with Crippen LogP contribution in [-0.2, 0) is 26.4 Å². The van der Waals surface area contributed by atoms with E-state index in [2.05, 4.69) is 23.6 Å². The summed E-state index contributed by atoms with van der Waals surface area (Å²) in [6, 6.07) is 21.4. The molecule has 0 amide bonds. The molecule has 0 aromatic heterocycles. The van der Waals surface area contributed by atoms with Crippen LogP contribution in [0.15, 0.2) is 82.8 Å². The Morgan fingerprint density at radius 3 is 1.24 bits per heavy atom. The van der Waals surface area contributed by atoms with Crippen molar-refractivity contribution in [1.29, 1.82) is 0 Å². The van der Waals surface area contributed by atoms with Gasteiger partial charge in [0.05, 0.1) is 11.4 Å². The maximum absolute atomic E-state index is 9.79. The van der Waals surface area contributed by atoms with Crippen LogP contribution in [0.25, 0.3) is 0 Å². The van der Waals surface area contributed by atoms with Crippen molar-refractivity contribution in [1.82, 2.24) is 0 Å². The van der Waals surface area contributed by atoms with E-state index in [4.69, 9.17) is 9.59 Å². The largest absolute Gasteiger partial charge is 2.00 e. The fourth-order valence-corrected chi connectivity index (χ4v) is 2.15. The first kappa shape index (κ1) is 25.4. The maximum atomic E-state index is 9.79. The summed E-state index contributed by atoms with van der Waals surface area (Å²) >= 11 is 0. The Balaban J connectivity index is 0.00000148. The summed E-state index contributed by atoms with van der Waals surface area (Å²) < 4.78 is 0. The average molecular weight is 433 g/mol. The molecule has 0 aliphatic heterocycles. The van der Waals surface area contributed by atoms with Gasteiger partial charge >= 0.3 is 16.8 Å². The van der Waals surface area contributed by atoms with Crippen LogP contribution >= 0.6 is 0 Å². The van der Waals surface area contributed by atoms with Crippen LogP contribution in [-0.4, -0.2) is 36.2 Å². The van der Waals surface area contributed by atoms with Gasteiger partial charge in [-0.15, -0.1) is 0 Å². The molecule has 29 heavy (non-hydrogen) atoms. The van der Waals surface area contributed by atoms with Gasteiger partial charge in [-0.25, -0.2) is 0 Å².